The van der Waals surface area contributed by atoms with E-state index in [2.05, 4.69) is 0 Å². The molecule has 5 nitrogen and oxygen atoms in total. The molecule has 2 bridgehead atoms. The third-order valence-electron chi connectivity index (χ3n) is 3.74. The molecule has 0 saturated heterocycles. The van der Waals surface area contributed by atoms with Crippen molar-refractivity contribution in [3.63, 3.8) is 0 Å². The number of hydrogen-bond donors (Lipinski definition) is 0. The highest BCUT2D eigenvalue weighted by Crippen LogP contribution is 2.50. The molecule has 0 amide bonds. The van der Waals surface area contributed by atoms with Gasteiger partial charge in [-0.1, -0.05) is 36.4 Å². The summed E-state index contributed by atoms with van der Waals surface area (Å²) in [5, 5.41) is 0. The van der Waals surface area contributed by atoms with Gasteiger partial charge < -0.3 is 14.2 Å². The van der Waals surface area contributed by atoms with E-state index in [1.54, 1.807) is 12.2 Å². The largest absolute Gasteiger partial charge is 0.466 e. The highest BCUT2D eigenvalue weighted by atomic mass is 16.6. The fraction of sp³-hybridized carbons (Fsp3) is 0.250. The average molecular weight is 286 g/mol. The summed E-state index contributed by atoms with van der Waals surface area (Å²) in [6, 6.07) is 9.25. The third-order valence-corrected chi connectivity index (χ3v) is 3.74. The molecule has 3 rings (SSSR count). The standard InChI is InChI=1S/C16H14O5/c1-19-14(17)12-11-8-9-16(21-11,13(12)15(18)20-2)10-6-4-3-5-7-10/h3-9,11H,1-2H3. The SMILES string of the molecule is COC(=O)C1=C(C(=O)OC)C2(c3ccccc3)C=CC1O2. The van der Waals surface area contributed by atoms with Crippen LogP contribution in [0.4, 0.5) is 0 Å². The fourth-order valence-electron chi connectivity index (χ4n) is 2.83. The van der Waals surface area contributed by atoms with Crippen LogP contribution >= 0.6 is 0 Å². The second kappa shape index (κ2) is 4.86. The highest BCUT2D eigenvalue weighted by molar-refractivity contribution is 6.05. The Balaban J connectivity index is 2.21. The van der Waals surface area contributed by atoms with Crippen molar-refractivity contribution in [1.82, 2.24) is 0 Å². The van der Waals surface area contributed by atoms with Crippen LogP contribution in [0, 0.1) is 0 Å². The molecular formula is C16H14O5. The molecule has 0 radical (unpaired) electrons. The van der Waals surface area contributed by atoms with E-state index in [1.807, 2.05) is 30.3 Å². The zero-order valence-corrected chi connectivity index (χ0v) is 11.7. The normalized spacial score (nSPS) is 26.1. The van der Waals surface area contributed by atoms with Gasteiger partial charge in [0.05, 0.1) is 25.4 Å². The molecular weight excluding hydrogens is 272 g/mol. The van der Waals surface area contributed by atoms with E-state index >= 15 is 0 Å². The number of fused-ring (bicyclic) bond motifs is 2. The molecule has 0 saturated carbocycles. The molecule has 2 heterocycles. The Kier molecular flexibility index (Phi) is 3.14. The minimum atomic E-state index is -1.08. The van der Waals surface area contributed by atoms with Crippen LogP contribution < -0.4 is 0 Å². The van der Waals surface area contributed by atoms with Crippen LogP contribution in [-0.2, 0) is 29.4 Å². The van der Waals surface area contributed by atoms with Crippen LogP contribution in [0.25, 0.3) is 0 Å². The number of esters is 2. The minimum absolute atomic E-state index is 0.190. The van der Waals surface area contributed by atoms with Gasteiger partial charge in [-0.25, -0.2) is 9.59 Å². The van der Waals surface area contributed by atoms with Crippen LogP contribution in [0.15, 0.2) is 53.6 Å². The Morgan fingerprint density at radius 2 is 1.76 bits per heavy atom. The van der Waals surface area contributed by atoms with Gasteiger partial charge in [0.2, 0.25) is 0 Å². The van der Waals surface area contributed by atoms with Crippen LogP contribution in [0.5, 0.6) is 0 Å². The van der Waals surface area contributed by atoms with Crippen molar-refractivity contribution in [3.05, 3.63) is 59.2 Å². The van der Waals surface area contributed by atoms with Gasteiger partial charge in [-0.05, 0) is 11.6 Å². The summed E-state index contributed by atoms with van der Waals surface area (Å²) in [7, 11) is 2.55. The topological polar surface area (TPSA) is 61.8 Å². The number of ether oxygens (including phenoxy) is 3. The first-order valence-corrected chi connectivity index (χ1v) is 6.48. The summed E-state index contributed by atoms with van der Waals surface area (Å²) in [5.74, 6) is -1.17. The van der Waals surface area contributed by atoms with E-state index in [-0.39, 0.29) is 11.1 Å². The number of hydrogen-bond acceptors (Lipinski definition) is 5. The quantitative estimate of drug-likeness (QED) is 0.622. The number of methoxy groups -OCH3 is 2. The second-order valence-electron chi connectivity index (χ2n) is 4.77. The summed E-state index contributed by atoms with van der Waals surface area (Å²) in [5.41, 5.74) is 0.0806. The first-order chi connectivity index (χ1) is 10.1. The Morgan fingerprint density at radius 1 is 1.10 bits per heavy atom. The summed E-state index contributed by atoms with van der Waals surface area (Å²) in [6.45, 7) is 0. The molecule has 0 aromatic heterocycles. The Labute approximate surface area is 121 Å². The Bertz CT molecular complexity index is 659. The molecule has 0 spiro atoms. The molecule has 0 fully saturated rings. The van der Waals surface area contributed by atoms with Gasteiger partial charge in [-0.2, -0.15) is 0 Å². The number of carbonyl (C=O) groups is 2. The van der Waals surface area contributed by atoms with Gasteiger partial charge in [0.1, 0.15) is 11.7 Å². The first kappa shape index (κ1) is 13.6. The van der Waals surface area contributed by atoms with Gasteiger partial charge >= 0.3 is 11.9 Å². The number of rotatable bonds is 3. The molecule has 1 aromatic rings. The maximum absolute atomic E-state index is 12.2. The van der Waals surface area contributed by atoms with Crippen molar-refractivity contribution < 1.29 is 23.8 Å². The minimum Gasteiger partial charge on any atom is -0.466 e. The third kappa shape index (κ3) is 1.81. The van der Waals surface area contributed by atoms with Crippen LogP contribution in [0.2, 0.25) is 0 Å². The van der Waals surface area contributed by atoms with E-state index < -0.39 is 23.6 Å². The van der Waals surface area contributed by atoms with Crippen molar-refractivity contribution in [1.29, 1.82) is 0 Å². The lowest BCUT2D eigenvalue weighted by atomic mass is 9.81. The highest BCUT2D eigenvalue weighted by Gasteiger charge is 2.55. The van der Waals surface area contributed by atoms with Crippen molar-refractivity contribution >= 4 is 11.9 Å². The molecule has 21 heavy (non-hydrogen) atoms. The van der Waals surface area contributed by atoms with Crippen molar-refractivity contribution in [2.45, 2.75) is 11.7 Å². The zero-order chi connectivity index (χ0) is 15.0. The Hall–Kier alpha value is -2.40. The van der Waals surface area contributed by atoms with E-state index in [4.69, 9.17) is 14.2 Å². The van der Waals surface area contributed by atoms with Gasteiger partial charge in [-0.15, -0.1) is 0 Å². The summed E-state index contributed by atoms with van der Waals surface area (Å²) in [6.07, 6.45) is 2.95. The van der Waals surface area contributed by atoms with E-state index in [9.17, 15) is 9.59 Å². The van der Waals surface area contributed by atoms with Crippen molar-refractivity contribution in [3.8, 4) is 0 Å². The molecule has 108 valence electrons. The molecule has 2 atom stereocenters. The predicted octanol–water partition coefficient (Wildman–Crippen LogP) is 1.49. The molecule has 0 N–H and O–H groups in total. The molecule has 2 aliphatic heterocycles. The monoisotopic (exact) mass is 286 g/mol. The zero-order valence-electron chi connectivity index (χ0n) is 11.7. The van der Waals surface area contributed by atoms with Crippen molar-refractivity contribution in [2.24, 2.45) is 0 Å². The molecule has 5 heteroatoms. The van der Waals surface area contributed by atoms with Crippen LogP contribution in [-0.4, -0.2) is 32.3 Å². The van der Waals surface area contributed by atoms with Gasteiger partial charge in [-0.3, -0.25) is 0 Å². The molecule has 2 aliphatic rings. The van der Waals surface area contributed by atoms with Gasteiger partial charge in [0.25, 0.3) is 0 Å². The molecule has 1 aromatic carbocycles. The lowest BCUT2D eigenvalue weighted by Gasteiger charge is -2.25. The summed E-state index contributed by atoms with van der Waals surface area (Å²) >= 11 is 0. The average Bonchev–Trinajstić information content (AvgIpc) is 3.11. The lowest BCUT2D eigenvalue weighted by molar-refractivity contribution is -0.139. The maximum Gasteiger partial charge on any atom is 0.338 e. The predicted molar refractivity (Wildman–Crippen MR) is 73.2 cm³/mol. The number of benzene rings is 1. The molecule has 0 aliphatic carbocycles. The lowest BCUT2D eigenvalue weighted by Crippen LogP contribution is -2.30. The second-order valence-corrected chi connectivity index (χ2v) is 4.77. The van der Waals surface area contributed by atoms with E-state index in [0.29, 0.717) is 0 Å². The van der Waals surface area contributed by atoms with Gasteiger partial charge in [0, 0.05) is 0 Å². The fourth-order valence-corrected chi connectivity index (χ4v) is 2.83. The summed E-state index contributed by atoms with van der Waals surface area (Å²) < 4.78 is 15.5. The first-order valence-electron chi connectivity index (χ1n) is 6.48. The van der Waals surface area contributed by atoms with Crippen LogP contribution in [0.3, 0.4) is 0 Å². The number of carbonyl (C=O) groups excluding carboxylic acids is 2. The maximum atomic E-state index is 12.2. The van der Waals surface area contributed by atoms with E-state index in [0.717, 1.165) is 5.56 Å². The van der Waals surface area contributed by atoms with E-state index in [1.165, 1.54) is 14.2 Å². The van der Waals surface area contributed by atoms with Crippen LogP contribution in [0.1, 0.15) is 5.56 Å². The Morgan fingerprint density at radius 3 is 2.38 bits per heavy atom. The summed E-state index contributed by atoms with van der Waals surface area (Å²) in [4.78, 5) is 24.2. The van der Waals surface area contributed by atoms with Crippen molar-refractivity contribution in [2.75, 3.05) is 14.2 Å². The smallest absolute Gasteiger partial charge is 0.338 e. The molecule has 2 unspecified atom stereocenters. The van der Waals surface area contributed by atoms with Gasteiger partial charge in [0.15, 0.2) is 0 Å².